The molecule has 0 unspecified atom stereocenters. The van der Waals surface area contributed by atoms with Gasteiger partial charge in [0.1, 0.15) is 12.2 Å². The van der Waals surface area contributed by atoms with Crippen LogP contribution in [0.1, 0.15) is 26.7 Å². The summed E-state index contributed by atoms with van der Waals surface area (Å²) in [6.45, 7) is 3.21. The molecular formula is C14H20O6. The van der Waals surface area contributed by atoms with Gasteiger partial charge in [0.25, 0.3) is 0 Å². The topological polar surface area (TPSA) is 93.1 Å². The number of cyclic esters (lactones) is 2. The Morgan fingerprint density at radius 2 is 1.60 bits per heavy atom. The van der Waals surface area contributed by atoms with Gasteiger partial charge in [-0.3, -0.25) is 0 Å². The lowest BCUT2D eigenvalue weighted by Gasteiger charge is -2.17. The van der Waals surface area contributed by atoms with E-state index < -0.39 is 30.3 Å². The number of esters is 2. The molecule has 0 aromatic heterocycles. The Kier molecular flexibility index (Phi) is 6.41. The number of carbonyl (C=O) groups is 2. The van der Waals surface area contributed by atoms with Crippen LogP contribution in [0.4, 0.5) is 0 Å². The van der Waals surface area contributed by atoms with E-state index in [0.717, 1.165) is 12.2 Å². The molecule has 1 rings (SSSR count). The molecule has 0 spiro atoms. The van der Waals surface area contributed by atoms with E-state index in [9.17, 15) is 19.8 Å². The van der Waals surface area contributed by atoms with Crippen molar-refractivity contribution in [3.8, 4) is 0 Å². The van der Waals surface area contributed by atoms with E-state index in [-0.39, 0.29) is 6.10 Å². The van der Waals surface area contributed by atoms with Gasteiger partial charge in [-0.25, -0.2) is 9.59 Å². The van der Waals surface area contributed by atoms with Crippen molar-refractivity contribution >= 4 is 11.9 Å². The number of aliphatic hydroxyl groups is 2. The molecule has 4 atom stereocenters. The molecule has 6 nitrogen and oxygen atoms in total. The third kappa shape index (κ3) is 5.99. The first-order chi connectivity index (χ1) is 9.38. The van der Waals surface area contributed by atoms with Crippen LogP contribution in [-0.2, 0) is 19.1 Å². The van der Waals surface area contributed by atoms with Crippen LogP contribution in [0.15, 0.2) is 24.3 Å². The summed E-state index contributed by atoms with van der Waals surface area (Å²) < 4.78 is 9.99. The van der Waals surface area contributed by atoms with Gasteiger partial charge < -0.3 is 19.7 Å². The van der Waals surface area contributed by atoms with E-state index in [1.165, 1.54) is 19.1 Å². The Labute approximate surface area is 117 Å². The zero-order valence-electron chi connectivity index (χ0n) is 11.6. The molecule has 1 aliphatic heterocycles. The second-order valence-electron chi connectivity index (χ2n) is 4.74. The maximum absolute atomic E-state index is 11.5. The second kappa shape index (κ2) is 7.81. The molecule has 0 radical (unpaired) electrons. The number of hydrogen-bond acceptors (Lipinski definition) is 6. The summed E-state index contributed by atoms with van der Waals surface area (Å²) in [6.07, 6.45) is 2.48. The highest BCUT2D eigenvalue weighted by Crippen LogP contribution is 2.09. The minimum absolute atomic E-state index is 0.361. The minimum atomic E-state index is -1.11. The Bertz CT molecular complexity index is 400. The molecule has 0 bridgehead atoms. The van der Waals surface area contributed by atoms with Crippen molar-refractivity contribution in [2.24, 2.45) is 0 Å². The van der Waals surface area contributed by atoms with Gasteiger partial charge in [-0.2, -0.15) is 0 Å². The molecule has 0 aromatic rings. The Balaban J connectivity index is 2.79. The molecule has 2 N–H and O–H groups in total. The monoisotopic (exact) mass is 284 g/mol. The third-order valence-corrected chi connectivity index (χ3v) is 2.85. The van der Waals surface area contributed by atoms with Crippen LogP contribution in [0.3, 0.4) is 0 Å². The lowest BCUT2D eigenvalue weighted by atomic mass is 10.1. The van der Waals surface area contributed by atoms with Gasteiger partial charge in [-0.15, -0.1) is 0 Å². The van der Waals surface area contributed by atoms with Crippen LogP contribution in [0.2, 0.25) is 0 Å². The molecule has 1 heterocycles. The number of hydrogen-bond donors (Lipinski definition) is 2. The summed E-state index contributed by atoms with van der Waals surface area (Å²) in [7, 11) is 0. The summed E-state index contributed by atoms with van der Waals surface area (Å²) in [5.74, 6) is -1.24. The first-order valence-electron chi connectivity index (χ1n) is 6.52. The highest BCUT2D eigenvalue weighted by molar-refractivity contribution is 5.83. The van der Waals surface area contributed by atoms with Crippen molar-refractivity contribution in [3.05, 3.63) is 24.3 Å². The summed E-state index contributed by atoms with van der Waals surface area (Å²) in [5.41, 5.74) is 0. The van der Waals surface area contributed by atoms with Crippen LogP contribution >= 0.6 is 0 Å². The fourth-order valence-electron chi connectivity index (χ4n) is 1.61. The van der Waals surface area contributed by atoms with Crippen molar-refractivity contribution in [1.82, 2.24) is 0 Å². The predicted octanol–water partition coefficient (Wildman–Crippen LogP) is 0.478. The maximum atomic E-state index is 11.5. The molecule has 0 fully saturated rings. The average Bonchev–Trinajstić information content (AvgIpc) is 2.39. The Hall–Kier alpha value is -1.66. The van der Waals surface area contributed by atoms with Gasteiger partial charge in [-0.1, -0.05) is 0 Å². The van der Waals surface area contributed by atoms with Crippen LogP contribution < -0.4 is 0 Å². The van der Waals surface area contributed by atoms with E-state index in [4.69, 9.17) is 9.47 Å². The molecule has 1 aliphatic rings. The van der Waals surface area contributed by atoms with Crippen molar-refractivity contribution in [2.75, 3.05) is 0 Å². The summed E-state index contributed by atoms with van der Waals surface area (Å²) in [6, 6.07) is 0. The fraction of sp³-hybridized carbons (Fsp3) is 0.571. The molecule has 0 aliphatic carbocycles. The molecule has 20 heavy (non-hydrogen) atoms. The van der Waals surface area contributed by atoms with E-state index >= 15 is 0 Å². The van der Waals surface area contributed by atoms with E-state index in [1.807, 2.05) is 0 Å². The average molecular weight is 284 g/mol. The van der Waals surface area contributed by atoms with Crippen molar-refractivity contribution in [3.63, 3.8) is 0 Å². The van der Waals surface area contributed by atoms with Gasteiger partial charge in [-0.05, 0) is 38.8 Å². The zero-order chi connectivity index (χ0) is 15.1. The first kappa shape index (κ1) is 16.4. The highest BCUT2D eigenvalue weighted by Gasteiger charge is 2.17. The SMILES string of the molecule is C[C@@H]1CC[C@@H](O)C=CC(=O)O[C@H](C)[C@@H](O)C=CC(=O)O1. The van der Waals surface area contributed by atoms with E-state index in [0.29, 0.717) is 12.8 Å². The second-order valence-corrected chi connectivity index (χ2v) is 4.74. The molecule has 0 saturated carbocycles. The summed E-state index contributed by atoms with van der Waals surface area (Å²) in [4.78, 5) is 22.9. The lowest BCUT2D eigenvalue weighted by molar-refractivity contribution is -0.146. The third-order valence-electron chi connectivity index (χ3n) is 2.85. The Morgan fingerprint density at radius 3 is 2.30 bits per heavy atom. The quantitative estimate of drug-likeness (QED) is 0.628. The maximum Gasteiger partial charge on any atom is 0.330 e. The van der Waals surface area contributed by atoms with Crippen molar-refractivity contribution < 1.29 is 29.3 Å². The normalized spacial score (nSPS) is 33.2. The molecular weight excluding hydrogens is 264 g/mol. The summed E-state index contributed by atoms with van der Waals surface area (Å²) in [5, 5.41) is 19.3. The molecule has 0 saturated heterocycles. The standard InChI is InChI=1S/C14H20O6/c1-9-3-4-11(15)5-7-14(18)20-10(2)12(16)6-8-13(17)19-9/h5-12,15-16H,3-4H2,1-2H3/t9-,10-,11-,12+/m1/s1. The number of aliphatic hydroxyl groups excluding tert-OH is 2. The molecule has 112 valence electrons. The largest absolute Gasteiger partial charge is 0.460 e. The van der Waals surface area contributed by atoms with Crippen molar-refractivity contribution in [1.29, 1.82) is 0 Å². The van der Waals surface area contributed by atoms with Gasteiger partial charge in [0, 0.05) is 12.2 Å². The van der Waals surface area contributed by atoms with Gasteiger partial charge in [0.05, 0.1) is 12.2 Å². The van der Waals surface area contributed by atoms with Crippen LogP contribution in [0, 0.1) is 0 Å². The van der Waals surface area contributed by atoms with Gasteiger partial charge in [0.15, 0.2) is 0 Å². The number of rotatable bonds is 0. The minimum Gasteiger partial charge on any atom is -0.460 e. The smallest absolute Gasteiger partial charge is 0.330 e. The van der Waals surface area contributed by atoms with Crippen LogP contribution in [0.25, 0.3) is 0 Å². The van der Waals surface area contributed by atoms with Crippen molar-refractivity contribution in [2.45, 2.75) is 51.1 Å². The number of ether oxygens (including phenoxy) is 2. The van der Waals surface area contributed by atoms with Crippen LogP contribution in [0.5, 0.6) is 0 Å². The Morgan fingerprint density at radius 1 is 1.00 bits per heavy atom. The lowest BCUT2D eigenvalue weighted by Crippen LogP contribution is -2.27. The zero-order valence-corrected chi connectivity index (χ0v) is 11.6. The molecule has 6 heteroatoms. The highest BCUT2D eigenvalue weighted by atomic mass is 16.6. The summed E-state index contributed by atoms with van der Waals surface area (Å²) >= 11 is 0. The van der Waals surface area contributed by atoms with E-state index in [2.05, 4.69) is 0 Å². The molecule has 0 amide bonds. The van der Waals surface area contributed by atoms with Gasteiger partial charge in [0.2, 0.25) is 0 Å². The predicted molar refractivity (Wildman–Crippen MR) is 70.6 cm³/mol. The van der Waals surface area contributed by atoms with E-state index in [1.54, 1.807) is 6.92 Å². The van der Waals surface area contributed by atoms with Gasteiger partial charge >= 0.3 is 11.9 Å². The fourth-order valence-corrected chi connectivity index (χ4v) is 1.61. The number of carbonyl (C=O) groups excluding carboxylic acids is 2. The van der Waals surface area contributed by atoms with Crippen LogP contribution in [-0.4, -0.2) is 46.6 Å². The first-order valence-corrected chi connectivity index (χ1v) is 6.52. The molecule has 0 aromatic carbocycles.